The van der Waals surface area contributed by atoms with Gasteiger partial charge in [0.1, 0.15) is 0 Å². The Labute approximate surface area is 108 Å². The highest BCUT2D eigenvalue weighted by Crippen LogP contribution is 2.29. The first kappa shape index (κ1) is 12.2. The summed E-state index contributed by atoms with van der Waals surface area (Å²) in [4.78, 5) is 24.5. The molecule has 0 saturated carbocycles. The number of halogens is 2. The fraction of sp³-hybridized carbons (Fsp3) is 0.273. The first-order chi connectivity index (χ1) is 8.08. The molecular weight excluding hydrogens is 263 g/mol. The summed E-state index contributed by atoms with van der Waals surface area (Å²) >= 11 is 11.8. The van der Waals surface area contributed by atoms with Gasteiger partial charge >= 0.3 is 0 Å². The zero-order chi connectivity index (χ0) is 12.4. The van der Waals surface area contributed by atoms with E-state index < -0.39 is 0 Å². The molecule has 1 aromatic rings. The van der Waals surface area contributed by atoms with Gasteiger partial charge in [0.25, 0.3) is 0 Å². The number of hydrogen-bond donors (Lipinski definition) is 1. The number of carbonyl (C=O) groups excluding carboxylic acids is 2. The van der Waals surface area contributed by atoms with Gasteiger partial charge in [-0.05, 0) is 18.2 Å². The summed E-state index contributed by atoms with van der Waals surface area (Å²) in [5.74, 6) is -0.314. The van der Waals surface area contributed by atoms with Gasteiger partial charge in [0.2, 0.25) is 11.8 Å². The van der Waals surface area contributed by atoms with E-state index in [4.69, 9.17) is 23.2 Å². The van der Waals surface area contributed by atoms with Crippen molar-refractivity contribution in [1.29, 1.82) is 0 Å². The lowest BCUT2D eigenvalue weighted by molar-refractivity contribution is -0.123. The maximum absolute atomic E-state index is 11.8. The molecule has 17 heavy (non-hydrogen) atoms. The first-order valence-electron chi connectivity index (χ1n) is 5.10. The number of benzene rings is 1. The van der Waals surface area contributed by atoms with Crippen LogP contribution >= 0.6 is 23.2 Å². The minimum absolute atomic E-state index is 0.00219. The normalized spacial score (nSPS) is 16.7. The fourth-order valence-corrected chi connectivity index (χ4v) is 2.16. The highest BCUT2D eigenvalue weighted by Gasteiger charge is 2.22. The standard InChI is InChI=1S/C11H10Cl2N2O2/c12-7-1-2-9(8(13)5-7)15-4-3-10(16)14-6-11(15)17/h1-2,5H,3-4,6H2,(H,14,16). The summed E-state index contributed by atoms with van der Waals surface area (Å²) in [6, 6.07) is 4.92. The van der Waals surface area contributed by atoms with Crippen molar-refractivity contribution in [1.82, 2.24) is 5.32 Å². The van der Waals surface area contributed by atoms with Crippen LogP contribution in [0.3, 0.4) is 0 Å². The Kier molecular flexibility index (Phi) is 3.54. The second-order valence-electron chi connectivity index (χ2n) is 3.67. The van der Waals surface area contributed by atoms with Gasteiger partial charge in [-0.1, -0.05) is 23.2 Å². The molecule has 0 aliphatic carbocycles. The minimum Gasteiger partial charge on any atom is -0.347 e. The van der Waals surface area contributed by atoms with Crippen molar-refractivity contribution in [2.75, 3.05) is 18.0 Å². The zero-order valence-electron chi connectivity index (χ0n) is 8.87. The van der Waals surface area contributed by atoms with E-state index in [-0.39, 0.29) is 24.8 Å². The van der Waals surface area contributed by atoms with Gasteiger partial charge in [0, 0.05) is 18.0 Å². The van der Waals surface area contributed by atoms with Crippen LogP contribution in [0.15, 0.2) is 18.2 Å². The lowest BCUT2D eigenvalue weighted by atomic mass is 10.2. The smallest absolute Gasteiger partial charge is 0.246 e. The molecule has 6 heteroatoms. The number of rotatable bonds is 1. The van der Waals surface area contributed by atoms with E-state index in [1.54, 1.807) is 18.2 Å². The molecule has 2 rings (SSSR count). The Morgan fingerprint density at radius 1 is 1.24 bits per heavy atom. The number of anilines is 1. The quantitative estimate of drug-likeness (QED) is 0.848. The van der Waals surface area contributed by atoms with Crippen molar-refractivity contribution < 1.29 is 9.59 Å². The third-order valence-electron chi connectivity index (χ3n) is 2.50. The summed E-state index contributed by atoms with van der Waals surface area (Å²) in [5, 5.41) is 3.44. The van der Waals surface area contributed by atoms with E-state index in [0.29, 0.717) is 22.3 Å². The van der Waals surface area contributed by atoms with Gasteiger partial charge in [0.05, 0.1) is 17.3 Å². The van der Waals surface area contributed by atoms with Gasteiger partial charge in [-0.2, -0.15) is 0 Å². The Bertz CT molecular complexity index is 477. The zero-order valence-corrected chi connectivity index (χ0v) is 10.4. The van der Waals surface area contributed by atoms with Crippen LogP contribution in [0.5, 0.6) is 0 Å². The van der Waals surface area contributed by atoms with Crippen molar-refractivity contribution in [3.05, 3.63) is 28.2 Å². The predicted octanol–water partition coefficient (Wildman–Crippen LogP) is 1.85. The number of carbonyl (C=O) groups is 2. The van der Waals surface area contributed by atoms with Gasteiger partial charge in [-0.15, -0.1) is 0 Å². The Morgan fingerprint density at radius 2 is 2.00 bits per heavy atom. The van der Waals surface area contributed by atoms with Gasteiger partial charge in [-0.3, -0.25) is 9.59 Å². The molecule has 1 aliphatic rings. The largest absolute Gasteiger partial charge is 0.347 e. The van der Waals surface area contributed by atoms with Crippen molar-refractivity contribution >= 4 is 40.7 Å². The number of nitrogens with one attached hydrogen (secondary N) is 1. The number of amides is 2. The topological polar surface area (TPSA) is 49.4 Å². The molecule has 0 radical (unpaired) electrons. The van der Waals surface area contributed by atoms with Crippen LogP contribution < -0.4 is 10.2 Å². The van der Waals surface area contributed by atoms with Crippen LogP contribution in [0.2, 0.25) is 10.0 Å². The maximum Gasteiger partial charge on any atom is 0.246 e. The molecule has 1 fully saturated rings. The molecule has 0 unspecified atom stereocenters. The maximum atomic E-state index is 11.8. The van der Waals surface area contributed by atoms with Crippen LogP contribution in [0.1, 0.15) is 6.42 Å². The Hall–Kier alpha value is -1.26. The third-order valence-corrected chi connectivity index (χ3v) is 3.04. The number of nitrogens with zero attached hydrogens (tertiary/aromatic N) is 1. The van der Waals surface area contributed by atoms with Crippen molar-refractivity contribution in [3.8, 4) is 0 Å². The predicted molar refractivity (Wildman–Crippen MR) is 66.4 cm³/mol. The lowest BCUT2D eigenvalue weighted by Gasteiger charge is -2.21. The molecule has 4 nitrogen and oxygen atoms in total. The van der Waals surface area contributed by atoms with E-state index in [1.165, 1.54) is 4.90 Å². The van der Waals surface area contributed by atoms with E-state index in [9.17, 15) is 9.59 Å². The monoisotopic (exact) mass is 272 g/mol. The van der Waals surface area contributed by atoms with Crippen LogP contribution in [-0.2, 0) is 9.59 Å². The summed E-state index contributed by atoms with van der Waals surface area (Å²) in [5.41, 5.74) is 0.581. The summed E-state index contributed by atoms with van der Waals surface area (Å²) in [6.45, 7) is 0.323. The Morgan fingerprint density at radius 3 is 2.71 bits per heavy atom. The first-order valence-corrected chi connectivity index (χ1v) is 5.85. The van der Waals surface area contributed by atoms with Crippen LogP contribution in [0.4, 0.5) is 5.69 Å². The second-order valence-corrected chi connectivity index (χ2v) is 4.51. The summed E-state index contributed by atoms with van der Waals surface area (Å²) < 4.78 is 0. The molecule has 1 aromatic carbocycles. The second kappa shape index (κ2) is 4.94. The van der Waals surface area contributed by atoms with Crippen LogP contribution in [0, 0.1) is 0 Å². The van der Waals surface area contributed by atoms with E-state index in [2.05, 4.69) is 5.32 Å². The highest BCUT2D eigenvalue weighted by atomic mass is 35.5. The molecule has 0 atom stereocenters. The lowest BCUT2D eigenvalue weighted by Crippen LogP contribution is -2.35. The highest BCUT2D eigenvalue weighted by molar-refractivity contribution is 6.36. The fourth-order valence-electron chi connectivity index (χ4n) is 1.65. The van der Waals surface area contributed by atoms with Crippen LogP contribution in [0.25, 0.3) is 0 Å². The average Bonchev–Trinajstić information content (AvgIpc) is 2.43. The third kappa shape index (κ3) is 2.70. The molecule has 0 spiro atoms. The minimum atomic E-state index is -0.180. The average molecular weight is 273 g/mol. The molecule has 1 N–H and O–H groups in total. The molecule has 0 bridgehead atoms. The summed E-state index contributed by atoms with van der Waals surface area (Å²) in [7, 11) is 0. The number of hydrogen-bond acceptors (Lipinski definition) is 2. The van der Waals surface area contributed by atoms with Gasteiger partial charge in [0.15, 0.2) is 0 Å². The van der Waals surface area contributed by atoms with Crippen molar-refractivity contribution in [2.45, 2.75) is 6.42 Å². The molecule has 0 aromatic heterocycles. The molecule has 1 heterocycles. The Balaban J connectivity index is 2.31. The molecule has 90 valence electrons. The van der Waals surface area contributed by atoms with Crippen molar-refractivity contribution in [3.63, 3.8) is 0 Å². The molecular formula is C11H10Cl2N2O2. The van der Waals surface area contributed by atoms with Crippen molar-refractivity contribution in [2.24, 2.45) is 0 Å². The van der Waals surface area contributed by atoms with Crippen LogP contribution in [-0.4, -0.2) is 24.9 Å². The molecule has 1 aliphatic heterocycles. The molecule has 1 saturated heterocycles. The van der Waals surface area contributed by atoms with E-state index >= 15 is 0 Å². The van der Waals surface area contributed by atoms with E-state index in [0.717, 1.165) is 0 Å². The van der Waals surface area contributed by atoms with Gasteiger partial charge in [-0.25, -0.2) is 0 Å². The SMILES string of the molecule is O=C1CCN(c2ccc(Cl)cc2Cl)C(=O)CN1. The molecule has 2 amide bonds. The van der Waals surface area contributed by atoms with Gasteiger partial charge < -0.3 is 10.2 Å². The summed E-state index contributed by atoms with van der Waals surface area (Å²) in [6.07, 6.45) is 0.269. The van der Waals surface area contributed by atoms with E-state index in [1.807, 2.05) is 0 Å².